The van der Waals surface area contributed by atoms with E-state index in [1.165, 1.54) is 32.9 Å². The van der Waals surface area contributed by atoms with Gasteiger partial charge in [-0.3, -0.25) is 19.2 Å². The number of hydrogen-bond acceptors (Lipinski definition) is 14. The molecule has 14 heteroatoms. The first-order valence-corrected chi connectivity index (χ1v) is 16.3. The van der Waals surface area contributed by atoms with E-state index in [1.807, 2.05) is 0 Å². The first-order valence-electron chi connectivity index (χ1n) is 16.3. The maximum Gasteiger partial charge on any atom is 0.341 e. The second-order valence-corrected chi connectivity index (χ2v) is 13.7. The molecular weight excluding hydrogens is 632 g/mol. The van der Waals surface area contributed by atoms with E-state index in [9.17, 15) is 44.4 Å². The number of carbonyl (C=O) groups is 5. The van der Waals surface area contributed by atoms with Crippen LogP contribution in [0.15, 0.2) is 23.8 Å². The first kappa shape index (κ1) is 39.1. The molecule has 1 heterocycles. The summed E-state index contributed by atoms with van der Waals surface area (Å²) in [5.41, 5.74) is -9.80. The van der Waals surface area contributed by atoms with E-state index in [1.54, 1.807) is 0 Å². The van der Waals surface area contributed by atoms with Crippen LogP contribution in [0.2, 0.25) is 0 Å². The van der Waals surface area contributed by atoms with Crippen molar-refractivity contribution in [1.29, 1.82) is 0 Å². The van der Waals surface area contributed by atoms with E-state index in [2.05, 4.69) is 6.92 Å². The fourth-order valence-corrected chi connectivity index (χ4v) is 7.29. The van der Waals surface area contributed by atoms with Gasteiger partial charge in [0.05, 0.1) is 5.60 Å². The van der Waals surface area contributed by atoms with Gasteiger partial charge in [0.15, 0.2) is 35.6 Å². The Morgan fingerprint density at radius 3 is 1.98 bits per heavy atom. The zero-order valence-electron chi connectivity index (χ0n) is 28.9. The number of unbranched alkanes of at least 4 members (excludes halogenated alkanes) is 4. The summed E-state index contributed by atoms with van der Waals surface area (Å²) in [6.45, 7) is 10.2. The van der Waals surface area contributed by atoms with E-state index in [0.29, 0.717) is 6.42 Å². The van der Waals surface area contributed by atoms with Crippen molar-refractivity contribution in [2.45, 2.75) is 147 Å². The third-order valence-corrected chi connectivity index (χ3v) is 9.82. The van der Waals surface area contributed by atoms with Crippen LogP contribution in [0.3, 0.4) is 0 Å². The van der Waals surface area contributed by atoms with Crippen molar-refractivity contribution in [3.05, 3.63) is 23.8 Å². The van der Waals surface area contributed by atoms with Crippen LogP contribution in [0, 0.1) is 11.3 Å². The summed E-state index contributed by atoms with van der Waals surface area (Å²) >= 11 is 0. The van der Waals surface area contributed by atoms with Gasteiger partial charge in [-0.15, -0.1) is 0 Å². The second-order valence-electron chi connectivity index (χ2n) is 13.7. The van der Waals surface area contributed by atoms with Crippen LogP contribution in [-0.4, -0.2) is 104 Å². The highest BCUT2D eigenvalue weighted by atomic mass is 16.6. The lowest BCUT2D eigenvalue weighted by atomic mass is 9.53. The van der Waals surface area contributed by atoms with Gasteiger partial charge in [-0.1, -0.05) is 51.7 Å². The Balaban J connectivity index is 2.42. The topological polar surface area (TPSA) is 212 Å². The molecule has 3 rings (SSSR count). The predicted octanol–water partition coefficient (Wildman–Crippen LogP) is 1.73. The Morgan fingerprint density at radius 2 is 1.42 bits per heavy atom. The number of fused-ring (bicyclic) bond motifs is 2. The molecule has 0 aromatic heterocycles. The molecule has 2 aliphatic carbocycles. The first-order chi connectivity index (χ1) is 22.2. The van der Waals surface area contributed by atoms with Crippen molar-refractivity contribution in [2.24, 2.45) is 11.3 Å². The molecule has 0 bridgehead atoms. The minimum absolute atomic E-state index is 0.00912. The Kier molecular flexibility index (Phi) is 11.9. The normalized spacial score (nSPS) is 40.3. The van der Waals surface area contributed by atoms with Crippen molar-refractivity contribution in [2.75, 3.05) is 0 Å². The van der Waals surface area contributed by atoms with Crippen molar-refractivity contribution >= 4 is 29.8 Å². The van der Waals surface area contributed by atoms with E-state index < -0.39 is 94.6 Å². The number of rotatable bonds is 10. The van der Waals surface area contributed by atoms with Gasteiger partial charge in [0.1, 0.15) is 12.2 Å². The summed E-state index contributed by atoms with van der Waals surface area (Å²) in [5.74, 6) is -6.48. The number of carbonyl (C=O) groups excluding carboxylic acids is 5. The molecule has 0 aromatic carbocycles. The van der Waals surface area contributed by atoms with Gasteiger partial charge in [-0.2, -0.15) is 0 Å². The standard InChI is InChI=1S/C34H50O14/c1-9-10-11-12-13-14-24(39)48-25-18(2)17-23-34(43,33(8,42)30(40)47-23)29(46-21(5)37)27-31(6,16-15-22(38)32(27,7)41)28(45-20(4)36)26(25)44-19(3)35/h15-17,22-23,25-29,38,41-43H,9-14H2,1-8H3/b18-17-/t22-,23+,25?,26-,27-,28+,29?,31+,32-,33+,34-/m1/s1. The van der Waals surface area contributed by atoms with Crippen LogP contribution >= 0.6 is 0 Å². The van der Waals surface area contributed by atoms with Crippen LogP contribution in [0.5, 0.6) is 0 Å². The molecule has 1 aliphatic heterocycles. The lowest BCUT2D eigenvalue weighted by Crippen LogP contribution is -2.74. The predicted molar refractivity (Wildman–Crippen MR) is 166 cm³/mol. The SMILES string of the molecule is CCCCCCCC(=O)OC1/C(C)=C\[C@@H]2OC(=O)[C@](C)(O)[C@]2(O)C(OC(C)=O)[C@H]2[C@](C)(O)[C@H](O)C=C[C@]2(C)[C@@H](OC(C)=O)[C@@H]1OC(C)=O. The molecule has 1 fully saturated rings. The monoisotopic (exact) mass is 682 g/mol. The molecule has 270 valence electrons. The molecule has 0 saturated carbocycles. The van der Waals surface area contributed by atoms with Crippen molar-refractivity contribution in [1.82, 2.24) is 0 Å². The number of hydrogen-bond donors (Lipinski definition) is 4. The van der Waals surface area contributed by atoms with Crippen LogP contribution in [-0.2, 0) is 47.7 Å². The summed E-state index contributed by atoms with van der Waals surface area (Å²) in [7, 11) is 0. The van der Waals surface area contributed by atoms with E-state index in [-0.39, 0.29) is 12.0 Å². The Labute approximate surface area is 280 Å². The summed E-state index contributed by atoms with van der Waals surface area (Å²) in [6.07, 6.45) is -2.54. The van der Waals surface area contributed by atoms with Crippen LogP contribution in [0.4, 0.5) is 0 Å². The van der Waals surface area contributed by atoms with Gasteiger partial charge in [0, 0.05) is 38.5 Å². The van der Waals surface area contributed by atoms with Gasteiger partial charge < -0.3 is 44.1 Å². The highest BCUT2D eigenvalue weighted by Crippen LogP contribution is 2.56. The lowest BCUT2D eigenvalue weighted by Gasteiger charge is -2.57. The molecule has 4 N–H and O–H groups in total. The fourth-order valence-electron chi connectivity index (χ4n) is 7.29. The average Bonchev–Trinajstić information content (AvgIpc) is 3.13. The highest BCUT2D eigenvalue weighted by Gasteiger charge is 2.75. The van der Waals surface area contributed by atoms with Crippen LogP contribution in [0.1, 0.15) is 93.9 Å². The summed E-state index contributed by atoms with van der Waals surface area (Å²) in [6, 6.07) is 0. The van der Waals surface area contributed by atoms with Crippen LogP contribution < -0.4 is 0 Å². The molecule has 14 nitrogen and oxygen atoms in total. The molecule has 3 aliphatic rings. The van der Waals surface area contributed by atoms with Crippen LogP contribution in [0.25, 0.3) is 0 Å². The Hall–Kier alpha value is -3.33. The lowest BCUT2D eigenvalue weighted by molar-refractivity contribution is -0.264. The van der Waals surface area contributed by atoms with Gasteiger partial charge in [-0.25, -0.2) is 4.79 Å². The van der Waals surface area contributed by atoms with Gasteiger partial charge >= 0.3 is 29.8 Å². The smallest absolute Gasteiger partial charge is 0.341 e. The summed E-state index contributed by atoms with van der Waals surface area (Å²) < 4.78 is 28.7. The van der Waals surface area contributed by atoms with E-state index in [4.69, 9.17) is 23.7 Å². The molecule has 2 unspecified atom stereocenters. The number of ether oxygens (including phenoxy) is 5. The molecule has 48 heavy (non-hydrogen) atoms. The third kappa shape index (κ3) is 7.31. The number of aliphatic hydroxyl groups is 4. The molecule has 1 saturated heterocycles. The molecular formula is C34H50O14. The van der Waals surface area contributed by atoms with E-state index >= 15 is 0 Å². The van der Waals surface area contributed by atoms with E-state index in [0.717, 1.165) is 59.5 Å². The van der Waals surface area contributed by atoms with Crippen molar-refractivity contribution in [3.8, 4) is 0 Å². The molecule has 0 radical (unpaired) electrons. The van der Waals surface area contributed by atoms with Gasteiger partial charge in [-0.05, 0) is 38.8 Å². The maximum atomic E-state index is 13.3. The minimum Gasteiger partial charge on any atom is -0.459 e. The Morgan fingerprint density at radius 1 is 0.854 bits per heavy atom. The van der Waals surface area contributed by atoms with Gasteiger partial charge in [0.2, 0.25) is 0 Å². The third-order valence-electron chi connectivity index (χ3n) is 9.82. The molecule has 0 amide bonds. The number of esters is 5. The Bertz CT molecular complexity index is 1320. The quantitative estimate of drug-likeness (QED) is 0.112. The van der Waals surface area contributed by atoms with Gasteiger partial charge in [0.25, 0.3) is 0 Å². The minimum atomic E-state index is -2.86. The molecule has 11 atom stereocenters. The fraction of sp³-hybridized carbons (Fsp3) is 0.735. The summed E-state index contributed by atoms with van der Waals surface area (Å²) in [4.78, 5) is 64.6. The zero-order valence-corrected chi connectivity index (χ0v) is 28.9. The maximum absolute atomic E-state index is 13.3. The summed E-state index contributed by atoms with van der Waals surface area (Å²) in [5, 5.41) is 47.2. The zero-order chi connectivity index (χ0) is 36.4. The second kappa shape index (κ2) is 14.7. The molecule has 0 spiro atoms. The van der Waals surface area contributed by atoms with Crippen molar-refractivity contribution < 1.29 is 68.1 Å². The molecule has 0 aromatic rings. The number of aliphatic hydroxyl groups excluding tert-OH is 1. The largest absolute Gasteiger partial charge is 0.459 e. The van der Waals surface area contributed by atoms with Crippen molar-refractivity contribution in [3.63, 3.8) is 0 Å². The average molecular weight is 683 g/mol. The highest BCUT2D eigenvalue weighted by molar-refractivity contribution is 5.84.